The van der Waals surface area contributed by atoms with Crippen LogP contribution in [-0.4, -0.2) is 26.3 Å². The average Bonchev–Trinajstić information content (AvgIpc) is 2.36. The van der Waals surface area contributed by atoms with Crippen LogP contribution in [0.25, 0.3) is 0 Å². The lowest BCUT2D eigenvalue weighted by Crippen LogP contribution is -2.11. The lowest BCUT2D eigenvalue weighted by molar-refractivity contribution is -0.112. The summed E-state index contributed by atoms with van der Waals surface area (Å²) in [6.45, 7) is 0. The third-order valence-corrected chi connectivity index (χ3v) is 2.09. The van der Waals surface area contributed by atoms with E-state index in [2.05, 4.69) is 5.32 Å². The Morgan fingerprint density at radius 3 is 2.47 bits per heavy atom. The van der Waals surface area contributed by atoms with Crippen molar-refractivity contribution in [3.63, 3.8) is 0 Å². The number of methoxy groups -OCH3 is 2. The van der Waals surface area contributed by atoms with Crippen LogP contribution < -0.4 is 14.8 Å². The number of nitrogens with one attached hydrogen (secondary N) is 1. The van der Waals surface area contributed by atoms with Crippen LogP contribution in [0.3, 0.4) is 0 Å². The predicted octanol–water partition coefficient (Wildman–Crippen LogP) is 2.76. The standard InChI is InChI=1S/C12H12F3NO3/c1-18-8-3-4-9(10(7-8)19-2)16-11(17)5-6-12(13,14)15/h3-7H,1-2H3,(H,16,17). The summed E-state index contributed by atoms with van der Waals surface area (Å²) in [5, 5.41) is 2.28. The third kappa shape index (κ3) is 4.90. The normalized spacial score (nSPS) is 11.4. The molecule has 0 spiro atoms. The van der Waals surface area contributed by atoms with Crippen molar-refractivity contribution in [2.75, 3.05) is 19.5 Å². The maximum absolute atomic E-state index is 11.9. The lowest BCUT2D eigenvalue weighted by atomic mass is 10.2. The molecule has 1 rings (SSSR count). The van der Waals surface area contributed by atoms with Gasteiger partial charge in [-0.25, -0.2) is 0 Å². The van der Waals surface area contributed by atoms with E-state index in [-0.39, 0.29) is 17.5 Å². The van der Waals surface area contributed by atoms with Crippen molar-refractivity contribution >= 4 is 11.6 Å². The molecule has 0 aliphatic rings. The van der Waals surface area contributed by atoms with Gasteiger partial charge in [0.1, 0.15) is 11.5 Å². The average molecular weight is 275 g/mol. The van der Waals surface area contributed by atoms with E-state index in [1.54, 1.807) is 6.07 Å². The van der Waals surface area contributed by atoms with Gasteiger partial charge in [0.2, 0.25) is 5.91 Å². The van der Waals surface area contributed by atoms with E-state index in [0.717, 1.165) is 0 Å². The minimum Gasteiger partial charge on any atom is -0.497 e. The SMILES string of the molecule is COc1ccc(NC(=O)C=CC(F)(F)F)c(OC)c1. The van der Waals surface area contributed by atoms with Crippen LogP contribution in [0.5, 0.6) is 11.5 Å². The van der Waals surface area contributed by atoms with Crippen LogP contribution in [-0.2, 0) is 4.79 Å². The fourth-order valence-corrected chi connectivity index (χ4v) is 1.25. The zero-order valence-corrected chi connectivity index (χ0v) is 10.2. The molecule has 1 amide bonds. The minimum atomic E-state index is -4.53. The van der Waals surface area contributed by atoms with Crippen molar-refractivity contribution in [1.29, 1.82) is 0 Å². The zero-order chi connectivity index (χ0) is 14.5. The molecule has 1 aromatic rings. The fraction of sp³-hybridized carbons (Fsp3) is 0.250. The monoisotopic (exact) mass is 275 g/mol. The molecule has 0 fully saturated rings. The number of hydrogen-bond acceptors (Lipinski definition) is 3. The highest BCUT2D eigenvalue weighted by atomic mass is 19.4. The number of anilines is 1. The topological polar surface area (TPSA) is 47.6 Å². The number of allylic oxidation sites excluding steroid dienone is 1. The second-order valence-electron chi connectivity index (χ2n) is 3.43. The van der Waals surface area contributed by atoms with Crippen molar-refractivity contribution < 1.29 is 27.4 Å². The van der Waals surface area contributed by atoms with E-state index < -0.39 is 12.1 Å². The first-order valence-corrected chi connectivity index (χ1v) is 5.14. The van der Waals surface area contributed by atoms with Gasteiger partial charge in [-0.05, 0) is 12.1 Å². The van der Waals surface area contributed by atoms with Gasteiger partial charge in [0.15, 0.2) is 0 Å². The van der Waals surface area contributed by atoms with Crippen molar-refractivity contribution in [1.82, 2.24) is 0 Å². The second-order valence-corrected chi connectivity index (χ2v) is 3.43. The number of halogens is 3. The Labute approximate surface area is 107 Å². The molecular weight excluding hydrogens is 263 g/mol. The molecule has 0 heterocycles. The molecule has 4 nitrogen and oxygen atoms in total. The third-order valence-electron chi connectivity index (χ3n) is 2.09. The Bertz CT molecular complexity index is 484. The summed E-state index contributed by atoms with van der Waals surface area (Å²) < 4.78 is 45.6. The maximum atomic E-state index is 11.9. The lowest BCUT2D eigenvalue weighted by Gasteiger charge is -2.10. The van der Waals surface area contributed by atoms with Gasteiger partial charge in [0, 0.05) is 18.2 Å². The molecule has 0 bridgehead atoms. The molecule has 0 unspecified atom stereocenters. The molecule has 1 aromatic carbocycles. The largest absolute Gasteiger partial charge is 0.497 e. The van der Waals surface area contributed by atoms with Gasteiger partial charge in [-0.1, -0.05) is 0 Å². The van der Waals surface area contributed by atoms with Crippen molar-refractivity contribution in [2.24, 2.45) is 0 Å². The van der Waals surface area contributed by atoms with Crippen LogP contribution in [0.15, 0.2) is 30.4 Å². The molecule has 0 saturated heterocycles. The quantitative estimate of drug-likeness (QED) is 0.859. The highest BCUT2D eigenvalue weighted by Gasteiger charge is 2.22. The first kappa shape index (κ1) is 14.9. The molecule has 7 heteroatoms. The zero-order valence-electron chi connectivity index (χ0n) is 10.2. The van der Waals surface area contributed by atoms with Crippen LogP contribution in [0, 0.1) is 0 Å². The van der Waals surface area contributed by atoms with Gasteiger partial charge in [-0.15, -0.1) is 0 Å². The Kier molecular flexibility index (Phi) is 4.80. The molecule has 0 aliphatic carbocycles. The first-order valence-electron chi connectivity index (χ1n) is 5.14. The summed E-state index contributed by atoms with van der Waals surface area (Å²) >= 11 is 0. The number of ether oxygens (including phenoxy) is 2. The number of hydrogen-bond donors (Lipinski definition) is 1. The highest BCUT2D eigenvalue weighted by Crippen LogP contribution is 2.29. The highest BCUT2D eigenvalue weighted by molar-refractivity contribution is 6.00. The van der Waals surface area contributed by atoms with Crippen LogP contribution >= 0.6 is 0 Å². The predicted molar refractivity (Wildman–Crippen MR) is 63.4 cm³/mol. The molecule has 0 aliphatic heterocycles. The number of alkyl halides is 3. The van der Waals surface area contributed by atoms with Gasteiger partial charge in [0.05, 0.1) is 19.9 Å². The number of rotatable bonds is 4. The van der Waals surface area contributed by atoms with Crippen LogP contribution in [0.2, 0.25) is 0 Å². The number of carbonyl (C=O) groups is 1. The molecule has 0 radical (unpaired) electrons. The van der Waals surface area contributed by atoms with Crippen LogP contribution in [0.1, 0.15) is 0 Å². The van der Waals surface area contributed by atoms with Crippen LogP contribution in [0.4, 0.5) is 18.9 Å². The maximum Gasteiger partial charge on any atom is 0.409 e. The Balaban J connectivity index is 2.82. The second kappa shape index (κ2) is 6.12. The molecule has 0 atom stereocenters. The van der Waals surface area contributed by atoms with E-state index in [1.165, 1.54) is 26.4 Å². The van der Waals surface area contributed by atoms with E-state index in [9.17, 15) is 18.0 Å². The first-order chi connectivity index (χ1) is 8.85. The summed E-state index contributed by atoms with van der Waals surface area (Å²) in [5.74, 6) is -0.116. The summed E-state index contributed by atoms with van der Waals surface area (Å²) in [6, 6.07) is 4.52. The number of carbonyl (C=O) groups excluding carboxylic acids is 1. The summed E-state index contributed by atoms with van der Waals surface area (Å²) in [4.78, 5) is 11.3. The van der Waals surface area contributed by atoms with Gasteiger partial charge < -0.3 is 14.8 Å². The van der Waals surface area contributed by atoms with E-state index in [0.29, 0.717) is 11.8 Å². The Hall–Kier alpha value is -2.18. The van der Waals surface area contributed by atoms with Crippen molar-refractivity contribution in [2.45, 2.75) is 6.18 Å². The fourth-order valence-electron chi connectivity index (χ4n) is 1.25. The summed E-state index contributed by atoms with van der Waals surface area (Å²) in [6.07, 6.45) is -4.26. The van der Waals surface area contributed by atoms with Gasteiger partial charge >= 0.3 is 6.18 Å². The van der Waals surface area contributed by atoms with Gasteiger partial charge in [0.25, 0.3) is 0 Å². The number of benzene rings is 1. The molecular formula is C12H12F3NO3. The molecule has 19 heavy (non-hydrogen) atoms. The van der Waals surface area contributed by atoms with E-state index in [1.807, 2.05) is 0 Å². The summed E-state index contributed by atoms with van der Waals surface area (Å²) in [5.41, 5.74) is 0.250. The van der Waals surface area contributed by atoms with E-state index in [4.69, 9.17) is 9.47 Å². The van der Waals surface area contributed by atoms with E-state index >= 15 is 0 Å². The van der Waals surface area contributed by atoms with Gasteiger partial charge in [-0.2, -0.15) is 13.2 Å². The summed E-state index contributed by atoms with van der Waals surface area (Å²) in [7, 11) is 2.83. The number of amides is 1. The minimum absolute atomic E-state index is 0.141. The molecule has 1 N–H and O–H groups in total. The molecule has 0 saturated carbocycles. The molecule has 104 valence electrons. The molecule has 0 aromatic heterocycles. The van der Waals surface area contributed by atoms with Crippen molar-refractivity contribution in [3.8, 4) is 11.5 Å². The van der Waals surface area contributed by atoms with Crippen molar-refractivity contribution in [3.05, 3.63) is 30.4 Å². The Morgan fingerprint density at radius 2 is 1.95 bits per heavy atom. The Morgan fingerprint density at radius 1 is 1.26 bits per heavy atom. The van der Waals surface area contributed by atoms with Gasteiger partial charge in [-0.3, -0.25) is 4.79 Å². The smallest absolute Gasteiger partial charge is 0.409 e.